The van der Waals surface area contributed by atoms with Crippen molar-refractivity contribution in [2.75, 3.05) is 4.90 Å². The van der Waals surface area contributed by atoms with E-state index in [1.165, 1.54) is 16.7 Å². The Bertz CT molecular complexity index is 1050. The molecule has 5 heteroatoms. The molecule has 0 fully saturated rings. The maximum Gasteiger partial charge on any atom is 0.262 e. The molecule has 0 aliphatic carbocycles. The number of Topliss-reactive ketones (excluding diaryl/α,β-unsaturated/α-hetero) is 1. The third kappa shape index (κ3) is 3.54. The van der Waals surface area contributed by atoms with Crippen LogP contribution in [0.1, 0.15) is 20.7 Å². The van der Waals surface area contributed by atoms with Crippen LogP contribution in [0.3, 0.4) is 0 Å². The topological polar surface area (TPSA) is 37.4 Å². The first-order chi connectivity index (χ1) is 13.1. The lowest BCUT2D eigenvalue weighted by atomic mass is 10.1. The number of rotatable bonds is 3. The van der Waals surface area contributed by atoms with E-state index in [-0.39, 0.29) is 11.7 Å². The van der Waals surface area contributed by atoms with Gasteiger partial charge in [0.15, 0.2) is 0 Å². The second-order valence-electron chi connectivity index (χ2n) is 5.94. The van der Waals surface area contributed by atoms with Gasteiger partial charge in [0, 0.05) is 32.9 Å². The minimum absolute atomic E-state index is 0.0690. The van der Waals surface area contributed by atoms with Crippen molar-refractivity contribution in [2.45, 2.75) is 4.90 Å². The predicted molar refractivity (Wildman–Crippen MR) is 109 cm³/mol. The molecule has 132 valence electrons. The van der Waals surface area contributed by atoms with Gasteiger partial charge in [-0.1, -0.05) is 53.7 Å². The molecule has 1 amide bonds. The molecule has 0 bridgehead atoms. The normalized spacial score (nSPS) is 14.3. The average molecular weight is 392 g/mol. The van der Waals surface area contributed by atoms with Crippen LogP contribution in [0.15, 0.2) is 94.9 Å². The molecule has 0 atom stereocenters. The van der Waals surface area contributed by atoms with Crippen molar-refractivity contribution >= 4 is 40.7 Å². The summed E-state index contributed by atoms with van der Waals surface area (Å²) in [6, 6.07) is 23.4. The van der Waals surface area contributed by atoms with E-state index in [4.69, 9.17) is 11.6 Å². The van der Waals surface area contributed by atoms with Gasteiger partial charge in [-0.3, -0.25) is 14.5 Å². The van der Waals surface area contributed by atoms with Crippen molar-refractivity contribution in [3.8, 4) is 0 Å². The van der Waals surface area contributed by atoms with Gasteiger partial charge in [-0.05, 0) is 48.5 Å². The zero-order valence-corrected chi connectivity index (χ0v) is 15.7. The number of allylic oxidation sites excluding steroid dienone is 1. The largest absolute Gasteiger partial charge is 0.288 e. The predicted octanol–water partition coefficient (Wildman–Crippen LogP) is 5.82. The second kappa shape index (κ2) is 7.43. The Morgan fingerprint density at radius 2 is 1.56 bits per heavy atom. The number of halogens is 1. The highest BCUT2D eigenvalue weighted by molar-refractivity contribution is 8.04. The zero-order chi connectivity index (χ0) is 18.8. The van der Waals surface area contributed by atoms with E-state index in [9.17, 15) is 9.59 Å². The van der Waals surface area contributed by atoms with Gasteiger partial charge >= 0.3 is 0 Å². The summed E-state index contributed by atoms with van der Waals surface area (Å²) in [5, 5.41) is 0.563. The smallest absolute Gasteiger partial charge is 0.262 e. The van der Waals surface area contributed by atoms with E-state index in [2.05, 4.69) is 0 Å². The Balaban J connectivity index is 1.75. The molecular weight excluding hydrogens is 378 g/mol. The van der Waals surface area contributed by atoms with Crippen molar-refractivity contribution in [3.63, 3.8) is 0 Å². The van der Waals surface area contributed by atoms with E-state index >= 15 is 0 Å². The van der Waals surface area contributed by atoms with E-state index in [0.717, 1.165) is 4.90 Å². The lowest BCUT2D eigenvalue weighted by molar-refractivity contribution is 0.0997. The van der Waals surface area contributed by atoms with Gasteiger partial charge in [0.1, 0.15) is 0 Å². The fraction of sp³-hybridized carbons (Fsp3) is 0. The Morgan fingerprint density at radius 1 is 0.889 bits per heavy atom. The third-order valence-electron chi connectivity index (χ3n) is 4.17. The van der Waals surface area contributed by atoms with Crippen LogP contribution in [-0.4, -0.2) is 11.7 Å². The van der Waals surface area contributed by atoms with Crippen LogP contribution in [0.25, 0.3) is 0 Å². The van der Waals surface area contributed by atoms with Gasteiger partial charge in [-0.15, -0.1) is 0 Å². The molecule has 1 heterocycles. The lowest BCUT2D eigenvalue weighted by Crippen LogP contribution is -2.26. The fourth-order valence-corrected chi connectivity index (χ4v) is 3.95. The molecule has 0 saturated heterocycles. The number of amides is 1. The monoisotopic (exact) mass is 391 g/mol. The quantitative estimate of drug-likeness (QED) is 0.528. The summed E-state index contributed by atoms with van der Waals surface area (Å²) in [7, 11) is 0. The second-order valence-corrected chi connectivity index (χ2v) is 7.46. The highest BCUT2D eigenvalue weighted by Crippen LogP contribution is 2.40. The van der Waals surface area contributed by atoms with Crippen LogP contribution in [0.2, 0.25) is 5.02 Å². The van der Waals surface area contributed by atoms with Gasteiger partial charge in [-0.25, -0.2) is 0 Å². The molecule has 4 rings (SSSR count). The number of fused-ring (bicyclic) bond motifs is 1. The molecular formula is C22H14ClNO2S. The maximum atomic E-state index is 13.1. The first kappa shape index (κ1) is 17.6. The van der Waals surface area contributed by atoms with Gasteiger partial charge in [0.25, 0.3) is 5.91 Å². The Labute approximate surface area is 166 Å². The number of hydrogen-bond donors (Lipinski definition) is 0. The van der Waals surface area contributed by atoms with Crippen LogP contribution in [-0.2, 0) is 0 Å². The standard InChI is InChI=1S/C22H14ClNO2S/c23-16-12-10-15(11-13-16)22(26)24(17-6-2-1-3-7-17)14-20-21(25)18-8-4-5-9-19(18)27-20/h1-14H. The van der Waals surface area contributed by atoms with Crippen molar-refractivity contribution in [1.29, 1.82) is 0 Å². The van der Waals surface area contributed by atoms with E-state index in [1.54, 1.807) is 36.5 Å². The van der Waals surface area contributed by atoms with Crippen molar-refractivity contribution < 1.29 is 9.59 Å². The van der Waals surface area contributed by atoms with E-state index < -0.39 is 0 Å². The van der Waals surface area contributed by atoms with Crippen LogP contribution in [0.5, 0.6) is 0 Å². The molecule has 1 aliphatic heterocycles. The van der Waals surface area contributed by atoms with Gasteiger partial charge in [0.05, 0.1) is 4.91 Å². The van der Waals surface area contributed by atoms with Gasteiger partial charge in [0.2, 0.25) is 5.78 Å². The highest BCUT2D eigenvalue weighted by atomic mass is 35.5. The number of para-hydroxylation sites is 1. The summed E-state index contributed by atoms with van der Waals surface area (Å²) < 4.78 is 0. The van der Waals surface area contributed by atoms with Gasteiger partial charge < -0.3 is 0 Å². The summed E-state index contributed by atoms with van der Waals surface area (Å²) in [6.45, 7) is 0. The number of benzene rings is 3. The van der Waals surface area contributed by atoms with Crippen LogP contribution in [0.4, 0.5) is 5.69 Å². The molecule has 27 heavy (non-hydrogen) atoms. The third-order valence-corrected chi connectivity index (χ3v) is 5.50. The Hall–Kier alpha value is -2.82. The summed E-state index contributed by atoms with van der Waals surface area (Å²) in [6.07, 6.45) is 1.62. The number of anilines is 1. The van der Waals surface area contributed by atoms with E-state index in [0.29, 0.717) is 26.7 Å². The molecule has 3 aromatic rings. The molecule has 0 spiro atoms. The molecule has 0 radical (unpaired) electrons. The molecule has 3 nitrogen and oxygen atoms in total. The fourth-order valence-electron chi connectivity index (χ4n) is 2.81. The van der Waals surface area contributed by atoms with E-state index in [1.807, 2.05) is 48.5 Å². The molecule has 0 saturated carbocycles. The maximum absolute atomic E-state index is 13.1. The van der Waals surface area contributed by atoms with Gasteiger partial charge in [-0.2, -0.15) is 0 Å². The number of nitrogens with zero attached hydrogens (tertiary/aromatic N) is 1. The number of thioether (sulfide) groups is 1. The Kier molecular flexibility index (Phi) is 4.84. The number of carbonyl (C=O) groups excluding carboxylic acids is 2. The zero-order valence-electron chi connectivity index (χ0n) is 14.1. The molecule has 3 aromatic carbocycles. The summed E-state index contributed by atoms with van der Waals surface area (Å²) >= 11 is 7.32. The van der Waals surface area contributed by atoms with Crippen LogP contribution < -0.4 is 4.90 Å². The summed E-state index contributed by atoms with van der Waals surface area (Å²) in [4.78, 5) is 28.8. The number of hydrogen-bond acceptors (Lipinski definition) is 3. The van der Waals surface area contributed by atoms with Crippen LogP contribution >= 0.6 is 23.4 Å². The van der Waals surface area contributed by atoms with Crippen molar-refractivity contribution in [1.82, 2.24) is 0 Å². The molecule has 0 aromatic heterocycles. The Morgan fingerprint density at radius 3 is 2.26 bits per heavy atom. The SMILES string of the molecule is O=C1C(=CN(C(=O)c2ccc(Cl)cc2)c2ccccc2)Sc2ccccc21. The minimum atomic E-state index is -0.227. The lowest BCUT2D eigenvalue weighted by Gasteiger charge is -2.19. The summed E-state index contributed by atoms with van der Waals surface area (Å²) in [5.41, 5.74) is 1.85. The first-order valence-electron chi connectivity index (χ1n) is 8.31. The number of ketones is 1. The minimum Gasteiger partial charge on any atom is -0.288 e. The molecule has 0 N–H and O–H groups in total. The average Bonchev–Trinajstić information content (AvgIpc) is 3.03. The first-order valence-corrected chi connectivity index (χ1v) is 9.50. The molecule has 0 unspecified atom stereocenters. The number of carbonyl (C=O) groups is 2. The summed E-state index contributed by atoms with van der Waals surface area (Å²) in [5.74, 6) is -0.296. The highest BCUT2D eigenvalue weighted by Gasteiger charge is 2.27. The molecule has 1 aliphatic rings. The van der Waals surface area contributed by atoms with Crippen molar-refractivity contribution in [3.05, 3.63) is 106 Å². The van der Waals surface area contributed by atoms with Crippen LogP contribution in [0, 0.1) is 0 Å². The van der Waals surface area contributed by atoms with Crippen molar-refractivity contribution in [2.24, 2.45) is 0 Å².